The summed E-state index contributed by atoms with van der Waals surface area (Å²) in [6.07, 6.45) is 3.02. The van der Waals surface area contributed by atoms with Gasteiger partial charge in [-0.25, -0.2) is 13.6 Å². The number of aromatic nitrogens is 3. The second-order valence-electron chi connectivity index (χ2n) is 5.72. The van der Waals surface area contributed by atoms with Crippen LogP contribution in [0.4, 0.5) is 5.69 Å². The van der Waals surface area contributed by atoms with Crippen molar-refractivity contribution >= 4 is 56.9 Å². The maximum Gasteiger partial charge on any atom is 0.287 e. The fourth-order valence-electron chi connectivity index (χ4n) is 2.67. The molecule has 0 aliphatic rings. The van der Waals surface area contributed by atoms with E-state index in [9.17, 15) is 9.59 Å². The van der Waals surface area contributed by atoms with Gasteiger partial charge in [0.2, 0.25) is 0 Å². The van der Waals surface area contributed by atoms with E-state index in [1.807, 2.05) is 0 Å². The Labute approximate surface area is 179 Å². The Morgan fingerprint density at radius 2 is 1.96 bits per heavy atom. The van der Waals surface area contributed by atoms with Crippen molar-refractivity contribution in [1.29, 1.82) is 0 Å². The SMILES string of the molecule is CNC(=O)c1cc(Cl)cc(C)c1N(Br)C(=O)c1ccnn1-c1ncccc1Cl. The molecule has 3 rings (SSSR count). The Hall–Kier alpha value is -2.42. The molecule has 0 radical (unpaired) electrons. The van der Waals surface area contributed by atoms with E-state index in [2.05, 4.69) is 31.5 Å². The van der Waals surface area contributed by atoms with E-state index in [0.29, 0.717) is 27.1 Å². The highest BCUT2D eigenvalue weighted by atomic mass is 79.9. The van der Waals surface area contributed by atoms with Crippen molar-refractivity contribution < 1.29 is 9.59 Å². The van der Waals surface area contributed by atoms with Crippen molar-refractivity contribution in [1.82, 2.24) is 20.1 Å². The maximum atomic E-state index is 13.2. The highest BCUT2D eigenvalue weighted by molar-refractivity contribution is 9.10. The molecule has 0 aliphatic carbocycles. The van der Waals surface area contributed by atoms with E-state index < -0.39 is 5.91 Å². The van der Waals surface area contributed by atoms with Gasteiger partial charge in [-0.15, -0.1) is 0 Å². The van der Waals surface area contributed by atoms with E-state index in [-0.39, 0.29) is 17.2 Å². The summed E-state index contributed by atoms with van der Waals surface area (Å²) in [7, 11) is 1.50. The lowest BCUT2D eigenvalue weighted by Gasteiger charge is -2.21. The van der Waals surface area contributed by atoms with Crippen LogP contribution in [0.1, 0.15) is 26.4 Å². The van der Waals surface area contributed by atoms with Crippen LogP contribution < -0.4 is 9.24 Å². The normalized spacial score (nSPS) is 10.6. The lowest BCUT2D eigenvalue weighted by atomic mass is 10.1. The van der Waals surface area contributed by atoms with Crippen molar-refractivity contribution in [2.75, 3.05) is 11.0 Å². The average Bonchev–Trinajstić information content (AvgIpc) is 3.15. The van der Waals surface area contributed by atoms with Gasteiger partial charge in [-0.1, -0.05) is 23.2 Å². The summed E-state index contributed by atoms with van der Waals surface area (Å²) in [5.74, 6) is -0.522. The minimum atomic E-state index is -0.463. The average molecular weight is 483 g/mol. The van der Waals surface area contributed by atoms with Gasteiger partial charge in [-0.3, -0.25) is 9.59 Å². The molecule has 3 aromatic rings. The largest absolute Gasteiger partial charge is 0.355 e. The molecule has 28 heavy (non-hydrogen) atoms. The molecular weight excluding hydrogens is 469 g/mol. The first-order valence-electron chi connectivity index (χ1n) is 8.02. The minimum absolute atomic E-state index is 0.203. The molecule has 10 heteroatoms. The molecule has 0 fully saturated rings. The maximum absolute atomic E-state index is 13.2. The van der Waals surface area contributed by atoms with Gasteiger partial charge in [-0.2, -0.15) is 5.10 Å². The molecule has 2 aromatic heterocycles. The quantitative estimate of drug-likeness (QED) is 0.565. The third kappa shape index (κ3) is 3.76. The molecule has 2 amide bonds. The number of amides is 2. The fourth-order valence-corrected chi connectivity index (χ4v) is 3.80. The summed E-state index contributed by atoms with van der Waals surface area (Å²) in [5, 5.41) is 7.43. The topological polar surface area (TPSA) is 80.1 Å². The van der Waals surface area contributed by atoms with Crippen LogP contribution in [0.2, 0.25) is 10.0 Å². The fraction of sp³-hybridized carbons (Fsp3) is 0.111. The van der Waals surface area contributed by atoms with Gasteiger partial charge < -0.3 is 5.32 Å². The van der Waals surface area contributed by atoms with Gasteiger partial charge >= 0.3 is 0 Å². The molecule has 144 valence electrons. The molecule has 0 bridgehead atoms. The first kappa shape index (κ1) is 20.3. The zero-order chi connectivity index (χ0) is 20.4. The lowest BCUT2D eigenvalue weighted by Crippen LogP contribution is -2.28. The highest BCUT2D eigenvalue weighted by Crippen LogP contribution is 2.32. The summed E-state index contributed by atoms with van der Waals surface area (Å²) < 4.78 is 2.54. The van der Waals surface area contributed by atoms with Crippen molar-refractivity contribution in [3.63, 3.8) is 0 Å². The Bertz CT molecular complexity index is 1070. The zero-order valence-corrected chi connectivity index (χ0v) is 17.9. The van der Waals surface area contributed by atoms with Crippen LogP contribution in [0.3, 0.4) is 0 Å². The van der Waals surface area contributed by atoms with E-state index in [1.165, 1.54) is 34.0 Å². The van der Waals surface area contributed by atoms with Crippen LogP contribution in [0.25, 0.3) is 5.82 Å². The summed E-state index contributed by atoms with van der Waals surface area (Å²) in [6, 6.07) is 8.03. The number of carbonyl (C=O) groups is 2. The number of rotatable bonds is 4. The van der Waals surface area contributed by atoms with E-state index in [1.54, 1.807) is 31.3 Å². The predicted molar refractivity (Wildman–Crippen MR) is 112 cm³/mol. The van der Waals surface area contributed by atoms with E-state index in [0.717, 1.165) is 0 Å². The Morgan fingerprint density at radius 3 is 2.64 bits per heavy atom. The summed E-state index contributed by atoms with van der Waals surface area (Å²) in [5.41, 5.74) is 1.46. The van der Waals surface area contributed by atoms with Crippen molar-refractivity contribution in [2.45, 2.75) is 6.92 Å². The number of pyridine rings is 1. The zero-order valence-electron chi connectivity index (χ0n) is 14.8. The number of nitrogens with zero attached hydrogens (tertiary/aromatic N) is 4. The number of carbonyl (C=O) groups excluding carboxylic acids is 2. The van der Waals surface area contributed by atoms with Crippen LogP contribution in [0.5, 0.6) is 0 Å². The first-order chi connectivity index (χ1) is 13.3. The molecule has 2 heterocycles. The van der Waals surface area contributed by atoms with E-state index in [4.69, 9.17) is 23.2 Å². The monoisotopic (exact) mass is 481 g/mol. The molecule has 7 nitrogen and oxygen atoms in total. The van der Waals surface area contributed by atoms with Crippen LogP contribution >= 0.6 is 39.3 Å². The molecule has 1 N–H and O–H groups in total. The predicted octanol–water partition coefficient (Wildman–Crippen LogP) is 4.20. The molecule has 0 aliphatic heterocycles. The van der Waals surface area contributed by atoms with Crippen LogP contribution in [-0.4, -0.2) is 33.6 Å². The van der Waals surface area contributed by atoms with E-state index >= 15 is 0 Å². The Balaban J connectivity index is 2.08. The number of aryl methyl sites for hydroxylation is 1. The van der Waals surface area contributed by atoms with Gasteiger partial charge in [0.05, 0.1) is 38.6 Å². The number of nitrogens with one attached hydrogen (secondary N) is 1. The summed E-state index contributed by atoms with van der Waals surface area (Å²) >= 11 is 15.6. The van der Waals surface area contributed by atoms with Gasteiger partial charge in [0.25, 0.3) is 11.8 Å². The number of hydrogen-bond donors (Lipinski definition) is 1. The molecule has 0 atom stereocenters. The standard InChI is InChI=1S/C18H14BrCl2N5O2/c1-10-8-11(20)9-12(17(27)22-2)15(10)25(19)18(28)14-5-7-24-26(14)16-13(21)4-3-6-23-16/h3-9H,1-2H3,(H,22,27). The third-order valence-corrected chi connectivity index (χ3v) is 5.10. The van der Waals surface area contributed by atoms with Gasteiger partial charge in [-0.05, 0) is 42.8 Å². The van der Waals surface area contributed by atoms with Gasteiger partial charge in [0.1, 0.15) is 5.69 Å². The Morgan fingerprint density at radius 1 is 1.21 bits per heavy atom. The third-order valence-electron chi connectivity index (χ3n) is 3.91. The number of halogens is 3. The van der Waals surface area contributed by atoms with Crippen LogP contribution in [-0.2, 0) is 0 Å². The molecule has 0 saturated carbocycles. The van der Waals surface area contributed by atoms with Crippen molar-refractivity contribution in [3.8, 4) is 5.82 Å². The summed E-state index contributed by atoms with van der Waals surface area (Å²) in [6.45, 7) is 1.75. The minimum Gasteiger partial charge on any atom is -0.355 e. The second kappa shape index (κ2) is 8.30. The van der Waals surface area contributed by atoms with Crippen LogP contribution in [0, 0.1) is 6.92 Å². The first-order valence-corrected chi connectivity index (χ1v) is 9.49. The smallest absolute Gasteiger partial charge is 0.287 e. The Kier molecular flexibility index (Phi) is 6.02. The second-order valence-corrected chi connectivity index (χ2v) is 7.27. The summed E-state index contributed by atoms with van der Waals surface area (Å²) in [4.78, 5) is 29.7. The van der Waals surface area contributed by atoms with Crippen LogP contribution in [0.15, 0.2) is 42.7 Å². The molecule has 0 unspecified atom stereocenters. The van der Waals surface area contributed by atoms with Crippen molar-refractivity contribution in [2.24, 2.45) is 0 Å². The molecule has 1 aromatic carbocycles. The highest BCUT2D eigenvalue weighted by Gasteiger charge is 2.26. The van der Waals surface area contributed by atoms with Crippen molar-refractivity contribution in [3.05, 3.63) is 69.6 Å². The number of anilines is 1. The number of hydrogen-bond acceptors (Lipinski definition) is 4. The molecular formula is C18H14BrCl2N5O2. The van der Waals surface area contributed by atoms with Gasteiger partial charge in [0, 0.05) is 18.3 Å². The molecule has 0 spiro atoms. The number of benzene rings is 1. The lowest BCUT2D eigenvalue weighted by molar-refractivity contribution is 0.0963. The molecule has 0 saturated heterocycles. The van der Waals surface area contributed by atoms with Gasteiger partial charge in [0.15, 0.2) is 5.82 Å².